The minimum absolute atomic E-state index is 0.150. The van der Waals surface area contributed by atoms with E-state index < -0.39 is 24.1 Å². The molecular weight excluding hydrogens is 235 g/mol. The van der Waals surface area contributed by atoms with Crippen molar-refractivity contribution in [3.63, 3.8) is 0 Å². The average molecular weight is 249 g/mol. The van der Waals surface area contributed by atoms with E-state index in [0.29, 0.717) is 13.0 Å². The van der Waals surface area contributed by atoms with E-state index >= 15 is 0 Å². The Morgan fingerprint density at radius 2 is 2.18 bits per heavy atom. The molecule has 6 heteroatoms. The van der Waals surface area contributed by atoms with Crippen LogP contribution in [0.2, 0.25) is 0 Å². The lowest BCUT2D eigenvalue weighted by Gasteiger charge is -2.27. The first-order valence-electron chi connectivity index (χ1n) is 5.25. The largest absolute Gasteiger partial charge is 0.481 e. The molecule has 0 aliphatic carbocycles. The summed E-state index contributed by atoms with van der Waals surface area (Å²) >= 11 is 0. The van der Waals surface area contributed by atoms with Crippen molar-refractivity contribution in [1.29, 1.82) is 0 Å². The molecule has 0 spiro atoms. The smallest absolute Gasteiger partial charge is 0.406 e. The second-order valence-corrected chi connectivity index (χ2v) is 4.09. The first-order valence-corrected chi connectivity index (χ1v) is 5.25. The van der Waals surface area contributed by atoms with Crippen LogP contribution in [0.25, 0.3) is 0 Å². The molecule has 3 nitrogen and oxygen atoms in total. The molecule has 0 saturated carbocycles. The zero-order chi connectivity index (χ0) is 13.1. The third-order valence-corrected chi connectivity index (χ3v) is 3.03. The molecule has 0 aromatic heterocycles. The molecule has 1 fully saturated rings. The summed E-state index contributed by atoms with van der Waals surface area (Å²) in [6.45, 7) is 1.71. The normalized spacial score (nSPS) is 25.4. The summed E-state index contributed by atoms with van der Waals surface area (Å²) in [4.78, 5) is 12.4. The van der Waals surface area contributed by atoms with Gasteiger partial charge in [0.05, 0.1) is 0 Å². The van der Waals surface area contributed by atoms with Crippen molar-refractivity contribution >= 4 is 5.97 Å². The molecule has 1 rings (SSSR count). The maximum atomic E-state index is 12.8. The number of hydrogen-bond donors (Lipinski definition) is 1. The number of carboxylic acids is 1. The van der Waals surface area contributed by atoms with Crippen molar-refractivity contribution in [3.8, 4) is 11.8 Å². The molecule has 1 saturated heterocycles. The maximum absolute atomic E-state index is 12.8. The van der Waals surface area contributed by atoms with Gasteiger partial charge in [-0.05, 0) is 19.9 Å². The van der Waals surface area contributed by atoms with E-state index in [0.717, 1.165) is 0 Å². The number of aliphatic carboxylic acids is 1. The molecule has 0 amide bonds. The molecule has 0 bridgehead atoms. The average Bonchev–Trinajstić information content (AvgIpc) is 2.63. The second-order valence-electron chi connectivity index (χ2n) is 4.09. The quantitative estimate of drug-likeness (QED) is 0.774. The number of halogens is 3. The fourth-order valence-corrected chi connectivity index (χ4v) is 1.95. The zero-order valence-corrected chi connectivity index (χ0v) is 9.47. The van der Waals surface area contributed by atoms with Crippen molar-refractivity contribution in [1.82, 2.24) is 4.90 Å². The number of likely N-dealkylation sites (tertiary alicyclic amines) is 1. The summed E-state index contributed by atoms with van der Waals surface area (Å²) < 4.78 is 38.4. The summed E-state index contributed by atoms with van der Waals surface area (Å²) in [6, 6.07) is 0. The molecular formula is C11H14F3NO2. The van der Waals surface area contributed by atoms with Crippen LogP contribution < -0.4 is 0 Å². The Morgan fingerprint density at radius 1 is 1.53 bits per heavy atom. The Labute approximate surface area is 97.6 Å². The Balaban J connectivity index is 2.72. The molecule has 17 heavy (non-hydrogen) atoms. The van der Waals surface area contributed by atoms with Crippen LogP contribution in [0.3, 0.4) is 0 Å². The molecule has 0 aromatic carbocycles. The lowest BCUT2D eigenvalue weighted by Crippen LogP contribution is -2.47. The van der Waals surface area contributed by atoms with E-state index in [9.17, 15) is 18.0 Å². The third-order valence-electron chi connectivity index (χ3n) is 3.03. The van der Waals surface area contributed by atoms with Crippen LogP contribution in [0.4, 0.5) is 13.2 Å². The standard InChI is InChI=1S/C11H14F3NO2/c1-2-3-4-6-15-7-5-10(8-15,9(16)17)11(12,13)14/h4-8H2,1H3,(H,16,17). The van der Waals surface area contributed by atoms with Gasteiger partial charge in [-0.1, -0.05) is 0 Å². The van der Waals surface area contributed by atoms with Gasteiger partial charge in [0.25, 0.3) is 0 Å². The molecule has 0 aromatic rings. The fourth-order valence-electron chi connectivity index (χ4n) is 1.95. The third kappa shape index (κ3) is 2.72. The number of rotatable bonds is 3. The van der Waals surface area contributed by atoms with Crippen LogP contribution in [-0.2, 0) is 4.79 Å². The highest BCUT2D eigenvalue weighted by Crippen LogP contribution is 2.45. The SMILES string of the molecule is CC#CCCN1CCC(C(=O)O)(C(F)(F)F)C1. The maximum Gasteiger partial charge on any atom is 0.406 e. The van der Waals surface area contributed by atoms with Gasteiger partial charge in [0.15, 0.2) is 5.41 Å². The highest BCUT2D eigenvalue weighted by molar-refractivity contribution is 5.76. The monoisotopic (exact) mass is 249 g/mol. The van der Waals surface area contributed by atoms with E-state index in [-0.39, 0.29) is 13.0 Å². The van der Waals surface area contributed by atoms with Crippen LogP contribution in [0.5, 0.6) is 0 Å². The van der Waals surface area contributed by atoms with Gasteiger partial charge >= 0.3 is 12.1 Å². The highest BCUT2D eigenvalue weighted by atomic mass is 19.4. The van der Waals surface area contributed by atoms with Gasteiger partial charge in [0.2, 0.25) is 0 Å². The summed E-state index contributed by atoms with van der Waals surface area (Å²) in [5.74, 6) is 3.62. The van der Waals surface area contributed by atoms with E-state index in [4.69, 9.17) is 5.11 Å². The van der Waals surface area contributed by atoms with Gasteiger partial charge in [0.1, 0.15) is 0 Å². The summed E-state index contributed by atoms with van der Waals surface area (Å²) in [7, 11) is 0. The van der Waals surface area contributed by atoms with E-state index in [1.807, 2.05) is 0 Å². The Morgan fingerprint density at radius 3 is 2.59 bits per heavy atom. The van der Waals surface area contributed by atoms with Crippen LogP contribution in [0.1, 0.15) is 19.8 Å². The van der Waals surface area contributed by atoms with Gasteiger partial charge in [0, 0.05) is 19.5 Å². The minimum Gasteiger partial charge on any atom is -0.481 e. The summed E-state index contributed by atoms with van der Waals surface area (Å²) in [5, 5.41) is 8.81. The first kappa shape index (κ1) is 13.8. The number of nitrogens with zero attached hydrogens (tertiary/aromatic N) is 1. The van der Waals surface area contributed by atoms with Crippen LogP contribution in [0.15, 0.2) is 0 Å². The molecule has 1 heterocycles. The number of hydrogen-bond acceptors (Lipinski definition) is 2. The first-order chi connectivity index (χ1) is 7.83. The van der Waals surface area contributed by atoms with Crippen molar-refractivity contribution in [2.75, 3.05) is 19.6 Å². The lowest BCUT2D eigenvalue weighted by molar-refractivity contribution is -0.227. The molecule has 0 radical (unpaired) electrons. The molecule has 1 aliphatic rings. The van der Waals surface area contributed by atoms with Crippen LogP contribution >= 0.6 is 0 Å². The van der Waals surface area contributed by atoms with Crippen LogP contribution in [-0.4, -0.2) is 41.8 Å². The molecule has 1 unspecified atom stereocenters. The van der Waals surface area contributed by atoms with Gasteiger partial charge in [-0.2, -0.15) is 13.2 Å². The van der Waals surface area contributed by atoms with Gasteiger partial charge < -0.3 is 10.0 Å². The van der Waals surface area contributed by atoms with Crippen molar-refractivity contribution in [3.05, 3.63) is 0 Å². The van der Waals surface area contributed by atoms with Gasteiger partial charge in [-0.3, -0.25) is 4.79 Å². The minimum atomic E-state index is -4.70. The predicted octanol–water partition coefficient (Wildman–Crippen LogP) is 1.74. The Hall–Kier alpha value is -1.22. The number of alkyl halides is 3. The Bertz CT molecular complexity index is 356. The van der Waals surface area contributed by atoms with E-state index in [2.05, 4.69) is 11.8 Å². The van der Waals surface area contributed by atoms with Crippen molar-refractivity contribution in [2.24, 2.45) is 5.41 Å². The molecule has 96 valence electrons. The van der Waals surface area contributed by atoms with Crippen LogP contribution in [0, 0.1) is 17.3 Å². The number of carbonyl (C=O) groups is 1. The Kier molecular flexibility index (Phi) is 4.04. The summed E-state index contributed by atoms with van der Waals surface area (Å²) in [5.41, 5.74) is -2.60. The molecule has 1 N–H and O–H groups in total. The fraction of sp³-hybridized carbons (Fsp3) is 0.727. The molecule has 1 atom stereocenters. The van der Waals surface area contributed by atoms with Crippen molar-refractivity contribution in [2.45, 2.75) is 25.9 Å². The van der Waals surface area contributed by atoms with Gasteiger partial charge in [-0.15, -0.1) is 11.8 Å². The summed E-state index contributed by atoms with van der Waals surface area (Å²) in [6.07, 6.45) is -4.63. The van der Waals surface area contributed by atoms with Crippen molar-refractivity contribution < 1.29 is 23.1 Å². The second kappa shape index (κ2) is 4.96. The van der Waals surface area contributed by atoms with Gasteiger partial charge in [-0.25, -0.2) is 0 Å². The van der Waals surface area contributed by atoms with E-state index in [1.54, 1.807) is 6.92 Å². The lowest BCUT2D eigenvalue weighted by atomic mass is 9.86. The predicted molar refractivity (Wildman–Crippen MR) is 55.2 cm³/mol. The van der Waals surface area contributed by atoms with E-state index in [1.165, 1.54) is 4.90 Å². The highest BCUT2D eigenvalue weighted by Gasteiger charge is 2.63. The zero-order valence-electron chi connectivity index (χ0n) is 9.47. The topological polar surface area (TPSA) is 40.5 Å². The number of carboxylic acid groups (broad SMARTS) is 1. The molecule has 1 aliphatic heterocycles.